The minimum Gasteiger partial charge on any atom is -0.484 e. The molecule has 2 aromatic rings. The molecule has 0 bridgehead atoms. The summed E-state index contributed by atoms with van der Waals surface area (Å²) in [6.45, 7) is 8.57. The number of likely N-dealkylation sites (N-methyl/N-ethyl adjacent to an activating group) is 1. The molecule has 0 radical (unpaired) electrons. The van der Waals surface area contributed by atoms with Crippen molar-refractivity contribution >= 4 is 11.7 Å². The van der Waals surface area contributed by atoms with Gasteiger partial charge in [-0.2, -0.15) is 0 Å². The van der Waals surface area contributed by atoms with Gasteiger partial charge in [-0.1, -0.05) is 0 Å². The number of hydrogen-bond acceptors (Lipinski definition) is 6. The number of amides is 1. The first-order valence-electron chi connectivity index (χ1n) is 9.70. The minimum absolute atomic E-state index is 0.0327. The van der Waals surface area contributed by atoms with Gasteiger partial charge in [0.2, 0.25) is 0 Å². The van der Waals surface area contributed by atoms with E-state index in [9.17, 15) is 4.79 Å². The summed E-state index contributed by atoms with van der Waals surface area (Å²) in [7, 11) is 3.42. The summed E-state index contributed by atoms with van der Waals surface area (Å²) in [6, 6.07) is 12.2. The summed E-state index contributed by atoms with van der Waals surface area (Å²) in [5.41, 5.74) is 1.79. The van der Waals surface area contributed by atoms with Crippen molar-refractivity contribution in [1.82, 2.24) is 20.0 Å². The molecule has 7 heteroatoms. The van der Waals surface area contributed by atoms with Crippen LogP contribution in [-0.2, 0) is 4.79 Å². The zero-order valence-corrected chi connectivity index (χ0v) is 17.1. The van der Waals surface area contributed by atoms with Gasteiger partial charge >= 0.3 is 0 Å². The molecule has 1 aromatic carbocycles. The summed E-state index contributed by atoms with van der Waals surface area (Å²) in [5, 5.41) is 8.82. The second-order valence-corrected chi connectivity index (χ2v) is 7.49. The minimum atomic E-state index is -0.0697. The number of carbonyl (C=O) groups is 1. The fraction of sp³-hybridized carbons (Fsp3) is 0.476. The summed E-state index contributed by atoms with van der Waals surface area (Å²) in [4.78, 5) is 17.9. The Morgan fingerprint density at radius 2 is 1.71 bits per heavy atom. The molecule has 150 valence electrons. The Balaban J connectivity index is 1.58. The lowest BCUT2D eigenvalue weighted by Gasteiger charge is -2.37. The standard InChI is InChI=1S/C21H29N5O2/c1-16(2)25-11-13-26(14-12-25)20-10-9-19(22-23-20)17-5-7-18(8-6-17)28-15-21(27)24(3)4/h5-10,16H,11-15H2,1-4H3. The lowest BCUT2D eigenvalue weighted by molar-refractivity contribution is -0.130. The van der Waals surface area contributed by atoms with Crippen LogP contribution in [0.1, 0.15) is 13.8 Å². The molecule has 1 aliphatic rings. The second-order valence-electron chi connectivity index (χ2n) is 7.49. The van der Waals surface area contributed by atoms with Gasteiger partial charge in [0.1, 0.15) is 5.75 Å². The van der Waals surface area contributed by atoms with Crippen molar-refractivity contribution < 1.29 is 9.53 Å². The van der Waals surface area contributed by atoms with E-state index in [2.05, 4.69) is 33.8 Å². The van der Waals surface area contributed by atoms with Crippen LogP contribution in [0.25, 0.3) is 11.3 Å². The van der Waals surface area contributed by atoms with Crippen LogP contribution in [0.4, 0.5) is 5.82 Å². The predicted molar refractivity (Wildman–Crippen MR) is 111 cm³/mol. The Morgan fingerprint density at radius 3 is 2.25 bits per heavy atom. The summed E-state index contributed by atoms with van der Waals surface area (Å²) in [6.07, 6.45) is 0. The molecule has 0 unspecified atom stereocenters. The molecule has 1 fully saturated rings. The number of rotatable bonds is 6. The van der Waals surface area contributed by atoms with Crippen molar-refractivity contribution in [2.45, 2.75) is 19.9 Å². The molecule has 0 spiro atoms. The quantitative estimate of drug-likeness (QED) is 0.762. The highest BCUT2D eigenvalue weighted by Gasteiger charge is 2.20. The molecule has 2 heterocycles. The van der Waals surface area contributed by atoms with Gasteiger partial charge < -0.3 is 14.5 Å². The topological polar surface area (TPSA) is 61.8 Å². The molecule has 0 saturated carbocycles. The van der Waals surface area contributed by atoms with Gasteiger partial charge in [-0.15, -0.1) is 10.2 Å². The van der Waals surface area contributed by atoms with Gasteiger partial charge in [-0.3, -0.25) is 9.69 Å². The van der Waals surface area contributed by atoms with Crippen LogP contribution in [0.3, 0.4) is 0 Å². The van der Waals surface area contributed by atoms with Crippen molar-refractivity contribution in [2.24, 2.45) is 0 Å². The van der Waals surface area contributed by atoms with E-state index in [1.807, 2.05) is 36.4 Å². The second kappa shape index (κ2) is 9.01. The van der Waals surface area contributed by atoms with Crippen LogP contribution in [-0.4, -0.2) is 78.8 Å². The first-order valence-corrected chi connectivity index (χ1v) is 9.70. The number of piperazine rings is 1. The fourth-order valence-electron chi connectivity index (χ4n) is 3.11. The van der Waals surface area contributed by atoms with E-state index in [1.165, 1.54) is 4.90 Å². The number of carbonyl (C=O) groups excluding carboxylic acids is 1. The zero-order valence-electron chi connectivity index (χ0n) is 17.1. The molecule has 0 N–H and O–H groups in total. The molecule has 0 aliphatic carbocycles. The predicted octanol–water partition coefficient (Wildman–Crippen LogP) is 2.14. The molecule has 3 rings (SSSR count). The number of aromatic nitrogens is 2. The van der Waals surface area contributed by atoms with Gasteiger partial charge in [0.25, 0.3) is 5.91 Å². The van der Waals surface area contributed by atoms with Gasteiger partial charge in [0, 0.05) is 51.9 Å². The van der Waals surface area contributed by atoms with E-state index in [0.29, 0.717) is 11.8 Å². The largest absolute Gasteiger partial charge is 0.484 e. The normalized spacial score (nSPS) is 15.0. The molecule has 1 saturated heterocycles. The van der Waals surface area contributed by atoms with Crippen LogP contribution >= 0.6 is 0 Å². The molecule has 1 aromatic heterocycles. The van der Waals surface area contributed by atoms with Crippen LogP contribution in [0.5, 0.6) is 5.75 Å². The van der Waals surface area contributed by atoms with E-state index in [4.69, 9.17) is 4.74 Å². The van der Waals surface area contributed by atoms with Gasteiger partial charge in [-0.05, 0) is 50.2 Å². The molecule has 1 aliphatic heterocycles. The number of nitrogens with zero attached hydrogens (tertiary/aromatic N) is 5. The highest BCUT2D eigenvalue weighted by molar-refractivity contribution is 5.77. The molecular formula is C21H29N5O2. The van der Waals surface area contributed by atoms with Gasteiger partial charge in [0.15, 0.2) is 12.4 Å². The van der Waals surface area contributed by atoms with E-state index in [1.54, 1.807) is 14.1 Å². The maximum Gasteiger partial charge on any atom is 0.259 e. The first-order chi connectivity index (χ1) is 13.4. The van der Waals surface area contributed by atoms with Gasteiger partial charge in [-0.25, -0.2) is 0 Å². The lowest BCUT2D eigenvalue weighted by Crippen LogP contribution is -2.49. The maximum absolute atomic E-state index is 11.6. The van der Waals surface area contributed by atoms with E-state index in [0.717, 1.165) is 43.3 Å². The number of ether oxygens (including phenoxy) is 1. The fourth-order valence-corrected chi connectivity index (χ4v) is 3.11. The third kappa shape index (κ3) is 4.98. The smallest absolute Gasteiger partial charge is 0.259 e. The number of benzene rings is 1. The highest BCUT2D eigenvalue weighted by atomic mass is 16.5. The Kier molecular flexibility index (Phi) is 6.46. The molecule has 28 heavy (non-hydrogen) atoms. The number of anilines is 1. The summed E-state index contributed by atoms with van der Waals surface area (Å²) in [5.74, 6) is 1.51. The zero-order chi connectivity index (χ0) is 20.1. The van der Waals surface area contributed by atoms with Crippen LogP contribution < -0.4 is 9.64 Å². The SMILES string of the molecule is CC(C)N1CCN(c2ccc(-c3ccc(OCC(=O)N(C)C)cc3)nn2)CC1. The van der Waals surface area contributed by atoms with Crippen molar-refractivity contribution in [2.75, 3.05) is 51.8 Å². The van der Waals surface area contributed by atoms with Crippen molar-refractivity contribution in [3.63, 3.8) is 0 Å². The maximum atomic E-state index is 11.6. The van der Waals surface area contributed by atoms with E-state index < -0.39 is 0 Å². The Labute approximate surface area is 166 Å². The molecule has 1 amide bonds. The molecule has 7 nitrogen and oxygen atoms in total. The third-order valence-corrected chi connectivity index (χ3v) is 5.03. The van der Waals surface area contributed by atoms with E-state index >= 15 is 0 Å². The average molecular weight is 383 g/mol. The monoisotopic (exact) mass is 383 g/mol. The van der Waals surface area contributed by atoms with Gasteiger partial charge in [0.05, 0.1) is 5.69 Å². The first kappa shape index (κ1) is 20.1. The highest BCUT2D eigenvalue weighted by Crippen LogP contribution is 2.22. The Bertz CT molecular complexity index is 766. The van der Waals surface area contributed by atoms with Crippen molar-refractivity contribution in [1.29, 1.82) is 0 Å². The Morgan fingerprint density at radius 1 is 1.04 bits per heavy atom. The third-order valence-electron chi connectivity index (χ3n) is 5.03. The van der Waals surface area contributed by atoms with Crippen LogP contribution in [0.2, 0.25) is 0 Å². The van der Waals surface area contributed by atoms with Crippen molar-refractivity contribution in [3.8, 4) is 17.0 Å². The summed E-state index contributed by atoms with van der Waals surface area (Å²) < 4.78 is 5.51. The molecular weight excluding hydrogens is 354 g/mol. The average Bonchev–Trinajstić information content (AvgIpc) is 2.72. The lowest BCUT2D eigenvalue weighted by atomic mass is 10.1. The Hall–Kier alpha value is -2.67. The van der Waals surface area contributed by atoms with Crippen molar-refractivity contribution in [3.05, 3.63) is 36.4 Å². The van der Waals surface area contributed by atoms with E-state index in [-0.39, 0.29) is 12.5 Å². The van der Waals surface area contributed by atoms with Crippen LogP contribution in [0, 0.1) is 0 Å². The number of hydrogen-bond donors (Lipinski definition) is 0. The van der Waals surface area contributed by atoms with Crippen LogP contribution in [0.15, 0.2) is 36.4 Å². The summed E-state index contributed by atoms with van der Waals surface area (Å²) >= 11 is 0. The molecule has 0 atom stereocenters.